The molecular weight excluding hydrogens is 352 g/mol. The highest BCUT2D eigenvalue weighted by atomic mass is 16.2. The topological polar surface area (TPSA) is 75.2 Å². The van der Waals surface area contributed by atoms with Crippen LogP contribution >= 0.6 is 0 Å². The summed E-state index contributed by atoms with van der Waals surface area (Å²) < 4.78 is 1.55. The van der Waals surface area contributed by atoms with Gasteiger partial charge in [0.25, 0.3) is 11.5 Å². The van der Waals surface area contributed by atoms with Crippen LogP contribution in [-0.2, 0) is 7.05 Å². The summed E-state index contributed by atoms with van der Waals surface area (Å²) in [6.07, 6.45) is 0.932. The molecule has 2 heterocycles. The van der Waals surface area contributed by atoms with Gasteiger partial charge in [0.1, 0.15) is 0 Å². The van der Waals surface area contributed by atoms with Gasteiger partial charge in [-0.25, -0.2) is 5.43 Å². The fraction of sp³-hybridized carbons (Fsp3) is 0.273. The summed E-state index contributed by atoms with van der Waals surface area (Å²) in [5.74, 6) is -0.280. The highest BCUT2D eigenvalue weighted by molar-refractivity contribution is 6.12. The average molecular weight is 376 g/mol. The number of aromatic nitrogens is 1. The lowest BCUT2D eigenvalue weighted by Crippen LogP contribution is -2.29. The van der Waals surface area contributed by atoms with E-state index in [1.165, 1.54) is 6.07 Å². The molecule has 1 aliphatic rings. The van der Waals surface area contributed by atoms with Gasteiger partial charge in [-0.15, -0.1) is 0 Å². The van der Waals surface area contributed by atoms with Crippen LogP contribution in [0.3, 0.4) is 0 Å². The molecule has 1 saturated heterocycles. The Hall–Kier alpha value is -2.96. The number of amides is 1. The third kappa shape index (κ3) is 3.32. The van der Waals surface area contributed by atoms with Gasteiger partial charge in [-0.1, -0.05) is 35.9 Å². The van der Waals surface area contributed by atoms with Crippen molar-refractivity contribution in [3.63, 3.8) is 0 Å². The number of nitrogens with one attached hydrogen (secondary N) is 3. The first-order valence-electron chi connectivity index (χ1n) is 9.46. The maximum absolute atomic E-state index is 13.1. The van der Waals surface area contributed by atoms with Gasteiger partial charge in [-0.2, -0.15) is 0 Å². The van der Waals surface area contributed by atoms with Crippen LogP contribution in [0.1, 0.15) is 40.9 Å². The van der Waals surface area contributed by atoms with E-state index in [0.29, 0.717) is 11.6 Å². The van der Waals surface area contributed by atoms with Crippen LogP contribution in [0.2, 0.25) is 0 Å². The number of carbonyl (C=O) groups excluding carboxylic acids is 1. The molecule has 1 aliphatic heterocycles. The molecule has 0 saturated carbocycles. The normalized spacial score (nSPS) is 19.1. The van der Waals surface area contributed by atoms with Crippen LogP contribution in [0.25, 0.3) is 10.9 Å². The van der Waals surface area contributed by atoms with Crippen molar-refractivity contribution in [2.45, 2.75) is 32.4 Å². The number of hydrogen-bond acceptors (Lipinski definition) is 4. The van der Waals surface area contributed by atoms with E-state index >= 15 is 0 Å². The summed E-state index contributed by atoms with van der Waals surface area (Å²) in [6, 6.07) is 15.3. The molecule has 28 heavy (non-hydrogen) atoms. The second-order valence-corrected chi connectivity index (χ2v) is 7.50. The Morgan fingerprint density at radius 1 is 1.14 bits per heavy atom. The monoisotopic (exact) mass is 376 g/mol. The molecule has 0 aliphatic carbocycles. The number of carbonyl (C=O) groups is 1. The largest absolute Gasteiger partial charge is 0.322 e. The number of benzene rings is 2. The van der Waals surface area contributed by atoms with E-state index in [2.05, 4.69) is 29.2 Å². The van der Waals surface area contributed by atoms with Gasteiger partial charge in [0.2, 0.25) is 0 Å². The smallest absolute Gasteiger partial charge is 0.256 e. The van der Waals surface area contributed by atoms with Gasteiger partial charge >= 0.3 is 0 Å². The molecule has 3 N–H and O–H groups in total. The molecule has 1 aromatic heterocycles. The lowest BCUT2D eigenvalue weighted by Gasteiger charge is -2.18. The van der Waals surface area contributed by atoms with Crippen molar-refractivity contribution in [1.82, 2.24) is 15.4 Å². The van der Waals surface area contributed by atoms with E-state index < -0.39 is 0 Å². The molecule has 6 heteroatoms. The van der Waals surface area contributed by atoms with E-state index in [1.807, 2.05) is 43.3 Å². The summed E-state index contributed by atoms with van der Waals surface area (Å²) >= 11 is 0. The van der Waals surface area contributed by atoms with Crippen LogP contribution in [0.4, 0.5) is 5.69 Å². The van der Waals surface area contributed by atoms with E-state index in [4.69, 9.17) is 0 Å². The first-order valence-corrected chi connectivity index (χ1v) is 9.46. The first-order chi connectivity index (χ1) is 13.4. The SMILES string of the molecule is Cc1ccc(NC(=O)c2cc(=O)n(C)c3ccccc23)c(C2CC(C)NN2)c1. The van der Waals surface area contributed by atoms with Crippen LogP contribution < -0.4 is 21.7 Å². The molecule has 1 amide bonds. The van der Waals surface area contributed by atoms with Crippen molar-refractivity contribution in [2.24, 2.45) is 7.05 Å². The Balaban J connectivity index is 1.73. The van der Waals surface area contributed by atoms with Crippen molar-refractivity contribution in [1.29, 1.82) is 0 Å². The molecule has 2 atom stereocenters. The van der Waals surface area contributed by atoms with Crippen molar-refractivity contribution >= 4 is 22.5 Å². The zero-order valence-corrected chi connectivity index (χ0v) is 16.2. The Labute approximate surface area is 163 Å². The Morgan fingerprint density at radius 2 is 1.93 bits per heavy atom. The van der Waals surface area contributed by atoms with Crippen molar-refractivity contribution in [3.8, 4) is 0 Å². The van der Waals surface area contributed by atoms with E-state index in [1.54, 1.807) is 11.6 Å². The molecule has 2 aromatic carbocycles. The van der Waals surface area contributed by atoms with Crippen LogP contribution in [-0.4, -0.2) is 16.5 Å². The minimum Gasteiger partial charge on any atom is -0.322 e. The number of hydrogen-bond donors (Lipinski definition) is 3. The molecule has 4 rings (SSSR count). The predicted octanol–water partition coefficient (Wildman–Crippen LogP) is 3.03. The summed E-state index contributed by atoms with van der Waals surface area (Å²) in [7, 11) is 1.71. The fourth-order valence-electron chi connectivity index (χ4n) is 3.79. The summed E-state index contributed by atoms with van der Waals surface area (Å²) in [5, 5.41) is 3.78. The molecule has 0 radical (unpaired) electrons. The Kier molecular flexibility index (Phi) is 4.75. The van der Waals surface area contributed by atoms with Crippen LogP contribution in [0, 0.1) is 6.92 Å². The highest BCUT2D eigenvalue weighted by Gasteiger charge is 2.25. The summed E-state index contributed by atoms with van der Waals surface area (Å²) in [4.78, 5) is 25.4. The molecule has 0 spiro atoms. The summed E-state index contributed by atoms with van der Waals surface area (Å²) in [6.45, 7) is 4.16. The standard InChI is InChI=1S/C22H24N4O2/c1-13-8-9-18(17(10-13)19-11-14(2)24-25-19)23-22(28)16-12-21(27)26(3)20-7-5-4-6-15(16)20/h4-10,12,14,19,24-25H,11H2,1-3H3,(H,23,28). The zero-order valence-electron chi connectivity index (χ0n) is 16.2. The van der Waals surface area contributed by atoms with E-state index in [-0.39, 0.29) is 17.5 Å². The lowest BCUT2D eigenvalue weighted by atomic mass is 9.98. The predicted molar refractivity (Wildman–Crippen MR) is 111 cm³/mol. The van der Waals surface area contributed by atoms with Crippen molar-refractivity contribution in [2.75, 3.05) is 5.32 Å². The Bertz CT molecular complexity index is 1120. The number of aryl methyl sites for hydroxylation is 2. The highest BCUT2D eigenvalue weighted by Crippen LogP contribution is 2.30. The quantitative estimate of drug-likeness (QED) is 0.657. The van der Waals surface area contributed by atoms with Gasteiger partial charge in [0.05, 0.1) is 11.1 Å². The fourth-order valence-corrected chi connectivity index (χ4v) is 3.79. The van der Waals surface area contributed by atoms with Crippen LogP contribution in [0.15, 0.2) is 53.3 Å². The van der Waals surface area contributed by atoms with Gasteiger partial charge in [-0.3, -0.25) is 15.0 Å². The maximum Gasteiger partial charge on any atom is 0.256 e. The molecule has 2 unspecified atom stereocenters. The molecule has 0 bridgehead atoms. The Morgan fingerprint density at radius 3 is 2.68 bits per heavy atom. The lowest BCUT2D eigenvalue weighted by molar-refractivity contribution is 0.102. The van der Waals surface area contributed by atoms with Gasteiger partial charge in [0, 0.05) is 36.3 Å². The van der Waals surface area contributed by atoms with Gasteiger partial charge in [0.15, 0.2) is 0 Å². The van der Waals surface area contributed by atoms with Crippen molar-refractivity contribution < 1.29 is 4.79 Å². The third-order valence-corrected chi connectivity index (χ3v) is 5.32. The number of fused-ring (bicyclic) bond motifs is 1. The number of anilines is 1. The first kappa shape index (κ1) is 18.4. The number of para-hydroxylation sites is 1. The minimum atomic E-state index is -0.280. The molecular formula is C22H24N4O2. The number of pyridine rings is 1. The molecule has 1 fully saturated rings. The third-order valence-electron chi connectivity index (χ3n) is 5.32. The number of hydrazine groups is 1. The van der Waals surface area contributed by atoms with Gasteiger partial charge < -0.3 is 9.88 Å². The zero-order chi connectivity index (χ0) is 19.8. The summed E-state index contributed by atoms with van der Waals surface area (Å²) in [5.41, 5.74) is 10.4. The maximum atomic E-state index is 13.1. The second kappa shape index (κ2) is 7.22. The number of nitrogens with zero attached hydrogens (tertiary/aromatic N) is 1. The average Bonchev–Trinajstić information content (AvgIpc) is 3.12. The van der Waals surface area contributed by atoms with Crippen molar-refractivity contribution in [3.05, 3.63) is 75.6 Å². The minimum absolute atomic E-state index is 0.116. The van der Waals surface area contributed by atoms with E-state index in [0.717, 1.165) is 34.1 Å². The number of rotatable bonds is 3. The van der Waals surface area contributed by atoms with E-state index in [9.17, 15) is 9.59 Å². The second-order valence-electron chi connectivity index (χ2n) is 7.50. The van der Waals surface area contributed by atoms with Crippen LogP contribution in [0.5, 0.6) is 0 Å². The molecule has 6 nitrogen and oxygen atoms in total. The molecule has 3 aromatic rings. The molecule has 144 valence electrons. The van der Waals surface area contributed by atoms with Gasteiger partial charge in [-0.05, 0) is 38.0 Å².